The van der Waals surface area contributed by atoms with Crippen molar-refractivity contribution in [2.75, 3.05) is 5.75 Å². The number of nitrogens with zero attached hydrogens (tertiary/aromatic N) is 2. The molecule has 0 amide bonds. The third-order valence-corrected chi connectivity index (χ3v) is 5.07. The zero-order valence-electron chi connectivity index (χ0n) is 11.1. The van der Waals surface area contributed by atoms with Crippen LogP contribution in [0.5, 0.6) is 0 Å². The van der Waals surface area contributed by atoms with Gasteiger partial charge in [-0.05, 0) is 25.7 Å². The van der Waals surface area contributed by atoms with Gasteiger partial charge in [0.05, 0.1) is 18.2 Å². The first kappa shape index (κ1) is 13.4. The molecule has 106 valence electrons. The molecule has 1 atom stereocenters. The van der Waals surface area contributed by atoms with Gasteiger partial charge < -0.3 is 14.9 Å². The molecular formula is C13H21N3O2S. The molecule has 1 spiro atoms. The van der Waals surface area contributed by atoms with Crippen LogP contribution in [0.15, 0.2) is 9.64 Å². The Morgan fingerprint density at radius 3 is 2.79 bits per heavy atom. The highest BCUT2D eigenvalue weighted by Gasteiger charge is 2.40. The van der Waals surface area contributed by atoms with Crippen LogP contribution in [0.3, 0.4) is 0 Å². The summed E-state index contributed by atoms with van der Waals surface area (Å²) >= 11 is 1.58. The number of thioether (sulfide) groups is 1. The van der Waals surface area contributed by atoms with E-state index in [1.807, 2.05) is 0 Å². The minimum Gasteiger partial charge on any atom is -0.415 e. The first-order valence-electron chi connectivity index (χ1n) is 7.13. The molecule has 0 radical (unpaired) electrons. The Kier molecular flexibility index (Phi) is 4.10. The molecule has 2 N–H and O–H groups in total. The highest BCUT2D eigenvalue weighted by atomic mass is 32.2. The Morgan fingerprint density at radius 2 is 2.05 bits per heavy atom. The van der Waals surface area contributed by atoms with Gasteiger partial charge in [0.2, 0.25) is 5.89 Å². The molecule has 1 saturated carbocycles. The topological polar surface area (TPSA) is 74.2 Å². The molecule has 0 bridgehead atoms. The third kappa shape index (κ3) is 3.12. The lowest BCUT2D eigenvalue weighted by atomic mass is 9.83. The predicted molar refractivity (Wildman–Crippen MR) is 72.8 cm³/mol. The van der Waals surface area contributed by atoms with E-state index in [0.29, 0.717) is 23.8 Å². The summed E-state index contributed by atoms with van der Waals surface area (Å²) < 4.78 is 11.7. The van der Waals surface area contributed by atoms with Crippen LogP contribution in [-0.4, -0.2) is 27.7 Å². The van der Waals surface area contributed by atoms with E-state index in [4.69, 9.17) is 14.9 Å². The zero-order valence-corrected chi connectivity index (χ0v) is 12.0. The Morgan fingerprint density at radius 1 is 1.21 bits per heavy atom. The van der Waals surface area contributed by atoms with Crippen LogP contribution < -0.4 is 5.73 Å². The molecule has 2 heterocycles. The minimum absolute atomic E-state index is 0.195. The molecule has 1 aliphatic carbocycles. The van der Waals surface area contributed by atoms with Crippen LogP contribution in [0.2, 0.25) is 0 Å². The number of hydrogen-bond donors (Lipinski definition) is 1. The van der Waals surface area contributed by atoms with Crippen molar-refractivity contribution >= 4 is 11.8 Å². The van der Waals surface area contributed by atoms with Gasteiger partial charge in [-0.25, -0.2) is 0 Å². The van der Waals surface area contributed by atoms with Crippen molar-refractivity contribution in [3.63, 3.8) is 0 Å². The Labute approximate surface area is 117 Å². The summed E-state index contributed by atoms with van der Waals surface area (Å²) in [4.78, 5) is 0. The highest BCUT2D eigenvalue weighted by molar-refractivity contribution is 7.99. The van der Waals surface area contributed by atoms with Crippen molar-refractivity contribution in [2.45, 2.75) is 68.4 Å². The second-order valence-electron chi connectivity index (χ2n) is 5.50. The van der Waals surface area contributed by atoms with E-state index < -0.39 is 0 Å². The smallest absolute Gasteiger partial charge is 0.276 e. The molecule has 1 aliphatic heterocycles. The van der Waals surface area contributed by atoms with Gasteiger partial charge in [-0.15, -0.1) is 10.2 Å². The monoisotopic (exact) mass is 283 g/mol. The lowest BCUT2D eigenvalue weighted by molar-refractivity contribution is -0.0555. The number of ether oxygens (including phenoxy) is 1. The van der Waals surface area contributed by atoms with E-state index in [1.54, 1.807) is 11.8 Å². The molecule has 1 aromatic rings. The quantitative estimate of drug-likeness (QED) is 0.856. The third-order valence-electron chi connectivity index (χ3n) is 4.12. The van der Waals surface area contributed by atoms with Gasteiger partial charge in [0.15, 0.2) is 0 Å². The van der Waals surface area contributed by atoms with Crippen molar-refractivity contribution in [3.05, 3.63) is 5.89 Å². The van der Waals surface area contributed by atoms with E-state index in [0.717, 1.165) is 12.2 Å². The molecule has 0 aromatic carbocycles. The number of rotatable bonds is 4. The van der Waals surface area contributed by atoms with E-state index in [-0.39, 0.29) is 5.60 Å². The second kappa shape index (κ2) is 5.81. The van der Waals surface area contributed by atoms with Crippen LogP contribution in [0, 0.1) is 0 Å². The van der Waals surface area contributed by atoms with Crippen molar-refractivity contribution in [2.24, 2.45) is 5.73 Å². The fourth-order valence-electron chi connectivity index (χ4n) is 3.12. The minimum atomic E-state index is 0.195. The standard InChI is InChI=1S/C13H21N3O2S/c14-8-11-15-16-12(17-11)19-9-10-4-7-13(18-10)5-2-1-3-6-13/h10H,1-9,14H2. The van der Waals surface area contributed by atoms with E-state index >= 15 is 0 Å². The Hall–Kier alpha value is -0.590. The molecule has 2 aliphatic rings. The lowest BCUT2D eigenvalue weighted by Gasteiger charge is -2.33. The molecule has 1 unspecified atom stereocenters. The second-order valence-corrected chi connectivity index (χ2v) is 6.47. The van der Waals surface area contributed by atoms with Gasteiger partial charge >= 0.3 is 0 Å². The van der Waals surface area contributed by atoms with Crippen molar-refractivity contribution in [3.8, 4) is 0 Å². The summed E-state index contributed by atoms with van der Waals surface area (Å²) in [7, 11) is 0. The molecule has 6 heteroatoms. The lowest BCUT2D eigenvalue weighted by Crippen LogP contribution is -2.32. The predicted octanol–water partition coefficient (Wildman–Crippen LogP) is 2.50. The first-order chi connectivity index (χ1) is 9.30. The summed E-state index contributed by atoms with van der Waals surface area (Å²) in [6.07, 6.45) is 9.21. The number of aromatic nitrogens is 2. The zero-order chi connectivity index (χ0) is 13.1. The van der Waals surface area contributed by atoms with Gasteiger partial charge in [-0.2, -0.15) is 0 Å². The average Bonchev–Trinajstić information content (AvgIpc) is 3.05. The van der Waals surface area contributed by atoms with Crippen LogP contribution >= 0.6 is 11.8 Å². The van der Waals surface area contributed by atoms with Crippen molar-refractivity contribution < 1.29 is 9.15 Å². The van der Waals surface area contributed by atoms with Crippen LogP contribution in [0.1, 0.15) is 50.8 Å². The Balaban J connectivity index is 1.49. The maximum atomic E-state index is 6.31. The van der Waals surface area contributed by atoms with E-state index in [9.17, 15) is 0 Å². The number of nitrogens with two attached hydrogens (primary N) is 1. The summed E-state index contributed by atoms with van der Waals surface area (Å²) in [6, 6.07) is 0. The fourth-order valence-corrected chi connectivity index (χ4v) is 3.94. The maximum absolute atomic E-state index is 6.31. The summed E-state index contributed by atoms with van der Waals surface area (Å²) in [5.74, 6) is 1.40. The normalized spacial score (nSPS) is 26.1. The first-order valence-corrected chi connectivity index (χ1v) is 8.11. The molecule has 19 heavy (non-hydrogen) atoms. The van der Waals surface area contributed by atoms with E-state index in [2.05, 4.69) is 10.2 Å². The van der Waals surface area contributed by atoms with Gasteiger partial charge in [-0.3, -0.25) is 0 Å². The van der Waals surface area contributed by atoms with Crippen LogP contribution in [0.25, 0.3) is 0 Å². The van der Waals surface area contributed by atoms with Crippen molar-refractivity contribution in [1.29, 1.82) is 0 Å². The fraction of sp³-hybridized carbons (Fsp3) is 0.846. The molecule has 1 saturated heterocycles. The Bertz CT molecular complexity index is 418. The summed E-state index contributed by atoms with van der Waals surface area (Å²) in [5, 5.41) is 8.43. The number of hydrogen-bond acceptors (Lipinski definition) is 6. The molecule has 3 rings (SSSR count). The molecular weight excluding hydrogens is 262 g/mol. The van der Waals surface area contributed by atoms with Gasteiger partial charge in [0.25, 0.3) is 5.22 Å². The van der Waals surface area contributed by atoms with Crippen molar-refractivity contribution in [1.82, 2.24) is 10.2 Å². The summed E-state index contributed by atoms with van der Waals surface area (Å²) in [6.45, 7) is 0.302. The van der Waals surface area contributed by atoms with Gasteiger partial charge in [0, 0.05) is 5.75 Å². The highest BCUT2D eigenvalue weighted by Crippen LogP contribution is 2.42. The summed E-state index contributed by atoms with van der Waals surface area (Å²) in [5.41, 5.74) is 5.64. The maximum Gasteiger partial charge on any atom is 0.276 e. The molecule has 5 nitrogen and oxygen atoms in total. The SMILES string of the molecule is NCc1nnc(SCC2CCC3(CCCCC3)O2)o1. The molecule has 1 aromatic heterocycles. The average molecular weight is 283 g/mol. The molecule has 2 fully saturated rings. The largest absolute Gasteiger partial charge is 0.415 e. The van der Waals surface area contributed by atoms with Gasteiger partial charge in [-0.1, -0.05) is 31.0 Å². The van der Waals surface area contributed by atoms with Crippen LogP contribution in [0.4, 0.5) is 0 Å². The van der Waals surface area contributed by atoms with E-state index in [1.165, 1.54) is 38.5 Å². The van der Waals surface area contributed by atoms with Crippen LogP contribution in [-0.2, 0) is 11.3 Å². The van der Waals surface area contributed by atoms with Gasteiger partial charge in [0.1, 0.15) is 0 Å².